The van der Waals surface area contributed by atoms with E-state index in [2.05, 4.69) is 30.9 Å². The first kappa shape index (κ1) is 38.0. The third-order valence-corrected chi connectivity index (χ3v) is 10.4. The Labute approximate surface area is 315 Å². The molecule has 1 aliphatic heterocycles. The van der Waals surface area contributed by atoms with E-state index in [9.17, 15) is 29.0 Å². The Morgan fingerprint density at radius 3 is 2.50 bits per heavy atom. The number of nitrogen functional groups attached to an aromatic ring is 1. The number of aromatic nitrogens is 5. The van der Waals surface area contributed by atoms with Gasteiger partial charge >= 0.3 is 0 Å². The van der Waals surface area contributed by atoms with E-state index in [1.54, 1.807) is 43.8 Å². The van der Waals surface area contributed by atoms with Crippen LogP contribution in [0.1, 0.15) is 51.4 Å². The van der Waals surface area contributed by atoms with Gasteiger partial charge in [-0.15, -0.1) is 21.5 Å². The number of aromatic hydroxyl groups is 1. The third-order valence-electron chi connectivity index (χ3n) is 9.40. The Kier molecular flexibility index (Phi) is 10.8. The van der Waals surface area contributed by atoms with E-state index in [1.165, 1.54) is 34.0 Å². The van der Waals surface area contributed by atoms with Gasteiger partial charge in [-0.05, 0) is 48.6 Å². The summed E-state index contributed by atoms with van der Waals surface area (Å²) in [6.07, 6.45) is 2.17. The monoisotopic (exact) mass is 755 g/mol. The molecule has 0 bridgehead atoms. The van der Waals surface area contributed by atoms with E-state index < -0.39 is 52.9 Å². The number of hydrogen-bond acceptors (Lipinski definition) is 11. The van der Waals surface area contributed by atoms with Crippen LogP contribution < -0.4 is 16.4 Å². The van der Waals surface area contributed by atoms with Gasteiger partial charge in [-0.3, -0.25) is 19.1 Å². The molecule has 282 valence electrons. The van der Waals surface area contributed by atoms with Crippen molar-refractivity contribution in [3.05, 3.63) is 83.5 Å². The summed E-state index contributed by atoms with van der Waals surface area (Å²) in [6.45, 7) is 8.89. The predicted octanol–water partition coefficient (Wildman–Crippen LogP) is 4.24. The quantitative estimate of drug-likeness (QED) is 0.137. The van der Waals surface area contributed by atoms with Crippen molar-refractivity contribution in [1.82, 2.24) is 40.5 Å². The molecule has 0 spiro atoms. The van der Waals surface area contributed by atoms with Crippen molar-refractivity contribution in [2.45, 2.75) is 71.8 Å². The molecule has 6 rings (SSSR count). The summed E-state index contributed by atoms with van der Waals surface area (Å²) in [5.74, 6) is -2.75. The van der Waals surface area contributed by atoms with Crippen molar-refractivity contribution in [2.75, 3.05) is 12.3 Å². The number of likely N-dealkylation sites (tertiary alicyclic amines) is 1. The lowest BCUT2D eigenvalue weighted by Crippen LogP contribution is -2.58. The van der Waals surface area contributed by atoms with E-state index in [-0.39, 0.29) is 42.6 Å². The molecule has 4 heterocycles. The normalized spacial score (nSPS) is 16.9. The molecule has 0 aliphatic carbocycles. The first-order valence-corrected chi connectivity index (χ1v) is 18.2. The number of anilines is 1. The molecule has 54 heavy (non-hydrogen) atoms. The summed E-state index contributed by atoms with van der Waals surface area (Å²) in [4.78, 5) is 47.9. The molecule has 16 heteroatoms. The molecule has 5 aromatic rings. The average Bonchev–Trinajstić information content (AvgIpc) is 3.88. The van der Waals surface area contributed by atoms with E-state index >= 15 is 0 Å². The summed E-state index contributed by atoms with van der Waals surface area (Å²) in [6, 6.07) is 11.1. The number of nitrogens with one attached hydrogen (secondary N) is 2. The van der Waals surface area contributed by atoms with Crippen LogP contribution in [0.2, 0.25) is 0 Å². The van der Waals surface area contributed by atoms with Crippen molar-refractivity contribution in [3.8, 4) is 38.6 Å². The van der Waals surface area contributed by atoms with E-state index in [1.807, 2.05) is 38.1 Å². The Bertz CT molecular complexity index is 2180. The number of thiazole rings is 1. The van der Waals surface area contributed by atoms with Crippen LogP contribution in [-0.4, -0.2) is 82.5 Å². The van der Waals surface area contributed by atoms with Crippen molar-refractivity contribution in [3.63, 3.8) is 0 Å². The van der Waals surface area contributed by atoms with Crippen LogP contribution in [0.25, 0.3) is 32.8 Å². The Balaban J connectivity index is 1.12. The molecule has 1 saturated heterocycles. The van der Waals surface area contributed by atoms with Gasteiger partial charge in [-0.25, -0.2) is 9.37 Å². The highest BCUT2D eigenvalue weighted by molar-refractivity contribution is 7.13. The van der Waals surface area contributed by atoms with Gasteiger partial charge in [0.15, 0.2) is 17.4 Å². The van der Waals surface area contributed by atoms with Crippen LogP contribution in [0.4, 0.5) is 10.2 Å². The van der Waals surface area contributed by atoms with Gasteiger partial charge in [0.2, 0.25) is 17.7 Å². The van der Waals surface area contributed by atoms with Crippen LogP contribution in [0.5, 0.6) is 5.75 Å². The van der Waals surface area contributed by atoms with Crippen molar-refractivity contribution in [1.29, 1.82) is 0 Å². The van der Waals surface area contributed by atoms with Crippen molar-refractivity contribution in [2.24, 2.45) is 5.41 Å². The second-order valence-electron chi connectivity index (χ2n) is 14.5. The van der Waals surface area contributed by atoms with Gasteiger partial charge < -0.3 is 31.5 Å². The summed E-state index contributed by atoms with van der Waals surface area (Å²) < 4.78 is 15.4. The van der Waals surface area contributed by atoms with Gasteiger partial charge in [0, 0.05) is 35.9 Å². The zero-order valence-electron chi connectivity index (χ0n) is 30.4. The number of carbonyl (C=O) groups is 3. The minimum Gasteiger partial charge on any atom is -0.504 e. The topological polar surface area (TPSA) is 201 Å². The largest absolute Gasteiger partial charge is 0.504 e. The number of nitrogens with zero attached hydrogens (tertiary/aromatic N) is 6. The number of hydrogen-bond donors (Lipinski definition) is 5. The highest BCUT2D eigenvalue weighted by atomic mass is 32.1. The number of β-amino-alcohol motifs (C(OH)–C–C–N with tert-alkyl or cyclic N) is 1. The Hall–Kier alpha value is -5.74. The van der Waals surface area contributed by atoms with Crippen LogP contribution in [0, 0.1) is 18.2 Å². The number of phenolic OH excluding ortho intramolecular Hbond substituents is 1. The fourth-order valence-electron chi connectivity index (χ4n) is 6.44. The maximum atomic E-state index is 14.1. The molecule has 4 atom stereocenters. The second-order valence-corrected chi connectivity index (χ2v) is 15.3. The lowest BCUT2D eigenvalue weighted by atomic mass is 9.85. The van der Waals surface area contributed by atoms with Crippen molar-refractivity contribution < 1.29 is 29.0 Å². The first-order valence-electron chi connectivity index (χ1n) is 17.3. The van der Waals surface area contributed by atoms with Crippen LogP contribution in [-0.2, 0) is 20.9 Å². The first-order chi connectivity index (χ1) is 25.6. The molecule has 1 aliphatic rings. The number of halogens is 1. The minimum absolute atomic E-state index is 0.0534. The maximum Gasteiger partial charge on any atom is 0.246 e. The molecule has 14 nitrogen and oxygen atoms in total. The van der Waals surface area contributed by atoms with E-state index in [0.717, 1.165) is 27.8 Å². The third kappa shape index (κ3) is 8.09. The summed E-state index contributed by atoms with van der Waals surface area (Å²) in [5, 5.41) is 38.9. The lowest BCUT2D eigenvalue weighted by Gasteiger charge is -2.35. The van der Waals surface area contributed by atoms with Gasteiger partial charge in [0.1, 0.15) is 18.6 Å². The molecule has 0 unspecified atom stereocenters. The smallest absolute Gasteiger partial charge is 0.246 e. The summed E-state index contributed by atoms with van der Waals surface area (Å²) in [7, 11) is 0. The maximum absolute atomic E-state index is 14.1. The van der Waals surface area contributed by atoms with Gasteiger partial charge in [-0.1, -0.05) is 51.1 Å². The fourth-order valence-corrected chi connectivity index (χ4v) is 7.26. The second kappa shape index (κ2) is 15.3. The van der Waals surface area contributed by atoms with Crippen LogP contribution in [0.3, 0.4) is 0 Å². The standard InChI is InChI=1S/C38H42FN9O5S/c1-20(22-9-11-23(12-10-22)33-21(2)41-19-54-33)43-36(52)30-13-25(49)17-48(30)37(53)34(38(3,4)5)44-31(50)18-47-16-24(15-42-47)27-14-29(45-46-35(27)40)26-7-6-8-28(39)32(26)51/h6-12,14-16,19-20,25,30,34,49,51H,13,17-18H2,1-5H3,(H2,40,46)(H,43,52)(H,44,50)/t20-,25+,30-,34+/m0/s1. The Morgan fingerprint density at radius 2 is 1.81 bits per heavy atom. The van der Waals surface area contributed by atoms with E-state index in [4.69, 9.17) is 5.73 Å². The number of aliphatic hydroxyl groups excluding tert-OH is 1. The number of amides is 3. The van der Waals surface area contributed by atoms with Crippen LogP contribution >= 0.6 is 11.3 Å². The van der Waals surface area contributed by atoms with E-state index in [0.29, 0.717) is 11.1 Å². The van der Waals surface area contributed by atoms with Gasteiger partial charge in [-0.2, -0.15) is 5.10 Å². The highest BCUT2D eigenvalue weighted by Gasteiger charge is 2.44. The van der Waals surface area contributed by atoms with Crippen molar-refractivity contribution >= 4 is 34.9 Å². The molecule has 0 radical (unpaired) electrons. The molecular formula is C38H42FN9O5S. The molecular weight excluding hydrogens is 714 g/mol. The number of rotatable bonds is 10. The fraction of sp³-hybridized carbons (Fsp3) is 0.342. The zero-order valence-corrected chi connectivity index (χ0v) is 31.3. The summed E-state index contributed by atoms with van der Waals surface area (Å²) in [5.41, 5.74) is 11.2. The molecule has 0 saturated carbocycles. The molecule has 6 N–H and O–H groups in total. The predicted molar refractivity (Wildman–Crippen MR) is 201 cm³/mol. The van der Waals surface area contributed by atoms with Gasteiger partial charge in [0.25, 0.3) is 0 Å². The minimum atomic E-state index is -1.04. The number of carbonyl (C=O) groups excluding carboxylic acids is 3. The number of aryl methyl sites for hydroxylation is 1. The molecule has 1 fully saturated rings. The number of para-hydroxylation sites is 1. The summed E-state index contributed by atoms with van der Waals surface area (Å²) >= 11 is 1.56. The number of phenols is 1. The number of aliphatic hydroxyl groups is 1. The highest BCUT2D eigenvalue weighted by Crippen LogP contribution is 2.34. The number of nitrogens with two attached hydrogens (primary N) is 1. The average molecular weight is 756 g/mol. The lowest BCUT2D eigenvalue weighted by molar-refractivity contribution is -0.144. The zero-order chi connectivity index (χ0) is 38.9. The molecule has 3 amide bonds. The van der Waals surface area contributed by atoms with Crippen LogP contribution in [0.15, 0.2) is 66.4 Å². The SMILES string of the molecule is Cc1ncsc1-c1ccc([C@H](C)NC(=O)[C@@H]2C[C@@H](O)CN2C(=O)[C@@H](NC(=O)Cn2cc(-c3cc(-c4cccc(F)c4O)nnc3N)cn2)C(C)(C)C)cc1. The molecule has 2 aromatic carbocycles. The van der Waals surface area contributed by atoms with Gasteiger partial charge in [0.05, 0.1) is 40.1 Å². The number of benzene rings is 2. The Morgan fingerprint density at radius 1 is 1.07 bits per heavy atom. The molecule has 3 aromatic heterocycles.